The predicted molar refractivity (Wildman–Crippen MR) is 93.1 cm³/mol. The van der Waals surface area contributed by atoms with Crippen molar-refractivity contribution in [3.05, 3.63) is 95.1 Å². The lowest BCUT2D eigenvalue weighted by Gasteiger charge is -2.29. The van der Waals surface area contributed by atoms with Crippen molar-refractivity contribution in [1.82, 2.24) is 0 Å². The second-order valence-electron chi connectivity index (χ2n) is 5.58. The second-order valence-corrected chi connectivity index (χ2v) is 5.58. The van der Waals surface area contributed by atoms with E-state index in [0.29, 0.717) is 12.2 Å². The number of nitriles is 1. The minimum atomic E-state index is -0.981. The van der Waals surface area contributed by atoms with Crippen LogP contribution in [0.3, 0.4) is 0 Å². The van der Waals surface area contributed by atoms with Gasteiger partial charge in [0, 0.05) is 0 Å². The van der Waals surface area contributed by atoms with Gasteiger partial charge in [-0.3, -0.25) is 4.79 Å². The third-order valence-electron chi connectivity index (χ3n) is 4.12. The van der Waals surface area contributed by atoms with Crippen LogP contribution in [-0.4, -0.2) is 12.6 Å². The Morgan fingerprint density at radius 3 is 2.62 bits per heavy atom. The fourth-order valence-corrected chi connectivity index (χ4v) is 2.87. The number of allylic oxidation sites excluding steroid dienone is 8. The number of ether oxygens (including phenoxy) is 1. The quantitative estimate of drug-likeness (QED) is 0.795. The molecule has 0 aromatic heterocycles. The van der Waals surface area contributed by atoms with Crippen LogP contribution in [0.5, 0.6) is 0 Å². The highest BCUT2D eigenvalue weighted by Gasteiger charge is 2.39. The zero-order chi connectivity index (χ0) is 17.0. The number of esters is 1. The topological polar surface area (TPSA) is 50.1 Å². The minimum Gasteiger partial charge on any atom is -0.465 e. The average molecular weight is 315 g/mol. The highest BCUT2D eigenvalue weighted by Crippen LogP contribution is 2.37. The van der Waals surface area contributed by atoms with Gasteiger partial charge >= 0.3 is 5.97 Å². The van der Waals surface area contributed by atoms with Crippen LogP contribution in [-0.2, 0) is 14.9 Å². The molecule has 0 N–H and O–H groups in total. The molecule has 0 aliphatic heterocycles. The fourth-order valence-electron chi connectivity index (χ4n) is 2.87. The molecule has 2 aliphatic rings. The Balaban J connectivity index is 2.14. The summed E-state index contributed by atoms with van der Waals surface area (Å²) in [6.45, 7) is 2.11. The Kier molecular flexibility index (Phi) is 4.31. The lowest BCUT2D eigenvalue weighted by atomic mass is 9.74. The zero-order valence-electron chi connectivity index (χ0n) is 13.4. The molecule has 3 heteroatoms. The van der Waals surface area contributed by atoms with Crippen LogP contribution in [0.2, 0.25) is 0 Å². The molecular formula is C21H17NO2. The van der Waals surface area contributed by atoms with E-state index in [2.05, 4.69) is 6.07 Å². The molecule has 0 spiro atoms. The summed E-state index contributed by atoms with van der Waals surface area (Å²) in [6.07, 6.45) is 15.6. The summed E-state index contributed by atoms with van der Waals surface area (Å²) in [6, 6.07) is 9.16. The first-order valence-corrected chi connectivity index (χ1v) is 7.85. The van der Waals surface area contributed by atoms with Gasteiger partial charge in [0.05, 0.1) is 18.2 Å². The van der Waals surface area contributed by atoms with E-state index in [-0.39, 0.29) is 5.97 Å². The van der Waals surface area contributed by atoms with Gasteiger partial charge in [0.1, 0.15) is 5.41 Å². The van der Waals surface area contributed by atoms with E-state index in [4.69, 9.17) is 10.00 Å². The first kappa shape index (κ1) is 15.8. The number of carbonyl (C=O) groups excluding carboxylic acids is 1. The number of carbonyl (C=O) groups is 1. The van der Waals surface area contributed by atoms with Gasteiger partial charge in [0.25, 0.3) is 0 Å². The largest absolute Gasteiger partial charge is 0.465 e. The number of nitrogens with zero attached hydrogens (tertiary/aromatic N) is 1. The monoisotopic (exact) mass is 315 g/mol. The molecule has 118 valence electrons. The Morgan fingerprint density at radius 2 is 1.92 bits per heavy atom. The molecule has 0 saturated heterocycles. The van der Waals surface area contributed by atoms with E-state index in [1.54, 1.807) is 19.1 Å². The number of fused-ring (bicyclic) bond motifs is 1. The molecule has 1 aromatic rings. The molecule has 3 rings (SSSR count). The summed E-state index contributed by atoms with van der Waals surface area (Å²) >= 11 is 0. The Hall–Kier alpha value is -3.12. The number of benzene rings is 1. The van der Waals surface area contributed by atoms with Crippen molar-refractivity contribution in [2.24, 2.45) is 0 Å². The molecule has 3 nitrogen and oxygen atoms in total. The van der Waals surface area contributed by atoms with Gasteiger partial charge in [-0.15, -0.1) is 0 Å². The van der Waals surface area contributed by atoms with E-state index in [1.165, 1.54) is 0 Å². The van der Waals surface area contributed by atoms with Crippen molar-refractivity contribution in [1.29, 1.82) is 5.26 Å². The highest BCUT2D eigenvalue weighted by atomic mass is 16.5. The summed E-state index contributed by atoms with van der Waals surface area (Å²) in [7, 11) is 0. The molecule has 1 aromatic carbocycles. The van der Waals surface area contributed by atoms with Crippen molar-refractivity contribution in [2.75, 3.05) is 6.61 Å². The van der Waals surface area contributed by atoms with Crippen molar-refractivity contribution in [3.63, 3.8) is 0 Å². The van der Waals surface area contributed by atoms with Gasteiger partial charge in [-0.25, -0.2) is 0 Å². The lowest BCUT2D eigenvalue weighted by Crippen LogP contribution is -2.35. The predicted octanol–water partition coefficient (Wildman–Crippen LogP) is 3.91. The van der Waals surface area contributed by atoms with Crippen molar-refractivity contribution in [3.8, 4) is 6.07 Å². The van der Waals surface area contributed by atoms with E-state index < -0.39 is 5.41 Å². The van der Waals surface area contributed by atoms with Crippen molar-refractivity contribution >= 4 is 5.97 Å². The zero-order valence-corrected chi connectivity index (χ0v) is 13.4. The maximum atomic E-state index is 12.8. The van der Waals surface area contributed by atoms with Gasteiger partial charge in [0.15, 0.2) is 0 Å². The van der Waals surface area contributed by atoms with Crippen LogP contribution >= 0.6 is 0 Å². The SMILES string of the molecule is CCOC(=O)C1(c2ccc(C#N)cc2)C=CC2=CC=CC=CC2=C1. The van der Waals surface area contributed by atoms with Crippen LogP contribution in [0.1, 0.15) is 18.1 Å². The summed E-state index contributed by atoms with van der Waals surface area (Å²) in [4.78, 5) is 12.8. The molecule has 24 heavy (non-hydrogen) atoms. The number of hydrogen-bond acceptors (Lipinski definition) is 3. The van der Waals surface area contributed by atoms with Crippen LogP contribution in [0.4, 0.5) is 0 Å². The van der Waals surface area contributed by atoms with E-state index in [1.807, 2.05) is 60.7 Å². The van der Waals surface area contributed by atoms with E-state index >= 15 is 0 Å². The molecule has 0 bridgehead atoms. The van der Waals surface area contributed by atoms with Gasteiger partial charge in [0.2, 0.25) is 0 Å². The molecule has 0 fully saturated rings. The van der Waals surface area contributed by atoms with Crippen LogP contribution in [0.15, 0.2) is 84.0 Å². The summed E-state index contributed by atoms with van der Waals surface area (Å²) < 4.78 is 5.35. The fraction of sp³-hybridized carbons (Fsp3) is 0.143. The van der Waals surface area contributed by atoms with Crippen molar-refractivity contribution < 1.29 is 9.53 Å². The highest BCUT2D eigenvalue weighted by molar-refractivity contribution is 5.90. The minimum absolute atomic E-state index is 0.313. The smallest absolute Gasteiger partial charge is 0.324 e. The van der Waals surface area contributed by atoms with Crippen molar-refractivity contribution in [2.45, 2.75) is 12.3 Å². The van der Waals surface area contributed by atoms with Gasteiger partial charge < -0.3 is 4.74 Å². The second kappa shape index (κ2) is 6.55. The maximum absolute atomic E-state index is 12.8. The number of hydrogen-bond donors (Lipinski definition) is 0. The summed E-state index contributed by atoms with van der Waals surface area (Å²) in [5, 5.41) is 8.99. The van der Waals surface area contributed by atoms with E-state index in [9.17, 15) is 4.79 Å². The molecule has 0 radical (unpaired) electrons. The molecule has 0 saturated carbocycles. The Morgan fingerprint density at radius 1 is 1.12 bits per heavy atom. The molecule has 2 aliphatic carbocycles. The molecule has 0 heterocycles. The third kappa shape index (κ3) is 2.75. The van der Waals surface area contributed by atoms with Gasteiger partial charge in [-0.1, -0.05) is 60.7 Å². The first-order chi connectivity index (χ1) is 11.7. The van der Waals surface area contributed by atoms with Crippen LogP contribution in [0.25, 0.3) is 0 Å². The van der Waals surface area contributed by atoms with E-state index in [0.717, 1.165) is 16.7 Å². The van der Waals surface area contributed by atoms with Crippen LogP contribution < -0.4 is 0 Å². The van der Waals surface area contributed by atoms with Gasteiger partial charge in [-0.2, -0.15) is 5.26 Å². The molecule has 1 atom stereocenters. The Bertz CT molecular complexity index is 845. The molecule has 1 unspecified atom stereocenters. The van der Waals surface area contributed by atoms with Crippen LogP contribution in [0, 0.1) is 11.3 Å². The standard InChI is InChI=1S/C21H17NO2/c1-2-24-20(23)21(19-10-8-16(15-22)9-11-19)13-12-17-6-4-3-5-7-18(17)14-21/h3-14H,2H2,1H3. The molecule has 0 amide bonds. The Labute approximate surface area is 141 Å². The normalized spacial score (nSPS) is 21.2. The van der Waals surface area contributed by atoms with Gasteiger partial charge in [-0.05, 0) is 35.8 Å². The maximum Gasteiger partial charge on any atom is 0.324 e. The first-order valence-electron chi connectivity index (χ1n) is 7.85. The average Bonchev–Trinajstić information content (AvgIpc) is 2.86. The number of rotatable bonds is 3. The summed E-state index contributed by atoms with van der Waals surface area (Å²) in [5.74, 6) is -0.317. The summed E-state index contributed by atoms with van der Waals surface area (Å²) in [5.41, 5.74) is 2.39. The molecular weight excluding hydrogens is 298 g/mol. The lowest BCUT2D eigenvalue weighted by molar-refractivity contribution is -0.146. The third-order valence-corrected chi connectivity index (χ3v) is 4.12.